The normalized spacial score (nSPS) is 25.4. The number of likely N-dealkylation sites (tertiary alicyclic amines) is 1. The Labute approximate surface area is 131 Å². The Morgan fingerprint density at radius 3 is 2.27 bits per heavy atom. The van der Waals surface area contributed by atoms with Crippen LogP contribution < -0.4 is 5.32 Å². The van der Waals surface area contributed by atoms with Crippen LogP contribution in [-0.4, -0.2) is 36.9 Å². The van der Waals surface area contributed by atoms with Crippen molar-refractivity contribution in [3.05, 3.63) is 35.9 Å². The summed E-state index contributed by atoms with van der Waals surface area (Å²) in [5.74, 6) is 1.20. The number of nitrogens with one attached hydrogen (secondary N) is 1. The molecule has 1 saturated carbocycles. The highest BCUT2D eigenvalue weighted by atomic mass is 16.2. The highest BCUT2D eigenvalue weighted by molar-refractivity contribution is 5.81. The molecule has 4 heteroatoms. The van der Waals surface area contributed by atoms with E-state index in [1.807, 2.05) is 11.0 Å². The average Bonchev–Trinajstić information content (AvgIpc) is 2.54. The zero-order chi connectivity index (χ0) is 15.5. The molecular formula is C18H24N2O2. The molecule has 0 bridgehead atoms. The van der Waals surface area contributed by atoms with Gasteiger partial charge in [-0.25, -0.2) is 0 Å². The van der Waals surface area contributed by atoms with Crippen LogP contribution in [0.15, 0.2) is 30.3 Å². The van der Waals surface area contributed by atoms with Crippen molar-refractivity contribution in [1.82, 2.24) is 10.2 Å². The first-order chi connectivity index (χ1) is 10.7. The molecule has 1 aliphatic heterocycles. The van der Waals surface area contributed by atoms with E-state index >= 15 is 0 Å². The fourth-order valence-electron chi connectivity index (χ4n) is 3.64. The van der Waals surface area contributed by atoms with Crippen molar-refractivity contribution in [3.63, 3.8) is 0 Å². The molecule has 2 amide bonds. The molecule has 22 heavy (non-hydrogen) atoms. The molecule has 1 N–H and O–H groups in total. The van der Waals surface area contributed by atoms with Gasteiger partial charge in [0.15, 0.2) is 0 Å². The van der Waals surface area contributed by atoms with E-state index in [4.69, 9.17) is 0 Å². The fraction of sp³-hybridized carbons (Fsp3) is 0.556. The molecule has 0 unspecified atom stereocenters. The van der Waals surface area contributed by atoms with Gasteiger partial charge in [-0.3, -0.25) is 9.59 Å². The van der Waals surface area contributed by atoms with Gasteiger partial charge in [-0.15, -0.1) is 0 Å². The Kier molecular flexibility index (Phi) is 4.46. The number of nitrogens with zero attached hydrogens (tertiary/aromatic N) is 1. The van der Waals surface area contributed by atoms with E-state index < -0.39 is 0 Å². The van der Waals surface area contributed by atoms with Gasteiger partial charge in [0, 0.05) is 32.0 Å². The molecule has 4 nitrogen and oxygen atoms in total. The summed E-state index contributed by atoms with van der Waals surface area (Å²) in [6.45, 7) is 1.45. The van der Waals surface area contributed by atoms with Crippen LogP contribution >= 0.6 is 0 Å². The van der Waals surface area contributed by atoms with Crippen LogP contribution in [0.1, 0.15) is 37.2 Å². The molecule has 1 aromatic carbocycles. The van der Waals surface area contributed by atoms with Crippen LogP contribution in [0.5, 0.6) is 0 Å². The zero-order valence-corrected chi connectivity index (χ0v) is 13.1. The molecule has 2 fully saturated rings. The lowest BCUT2D eigenvalue weighted by atomic mass is 9.70. The first-order valence-corrected chi connectivity index (χ1v) is 8.24. The van der Waals surface area contributed by atoms with E-state index in [0.717, 1.165) is 38.8 Å². The quantitative estimate of drug-likeness (QED) is 0.930. The summed E-state index contributed by atoms with van der Waals surface area (Å²) < 4.78 is 0. The summed E-state index contributed by atoms with van der Waals surface area (Å²) in [4.78, 5) is 26.1. The summed E-state index contributed by atoms with van der Waals surface area (Å²) in [7, 11) is 1.68. The third-order valence-corrected chi connectivity index (χ3v) is 5.18. The molecule has 1 saturated heterocycles. The summed E-state index contributed by atoms with van der Waals surface area (Å²) in [6, 6.07) is 10.5. The smallest absolute Gasteiger partial charge is 0.225 e. The van der Waals surface area contributed by atoms with E-state index in [2.05, 4.69) is 29.6 Å². The Bertz CT molecular complexity index is 529. The first kappa shape index (κ1) is 15.1. The molecule has 0 aromatic heterocycles. The molecule has 1 aromatic rings. The maximum absolute atomic E-state index is 12.5. The summed E-state index contributed by atoms with van der Waals surface area (Å²) in [5, 5.41) is 2.71. The lowest BCUT2D eigenvalue weighted by Gasteiger charge is -2.40. The van der Waals surface area contributed by atoms with Crippen LogP contribution in [0.3, 0.4) is 0 Å². The molecular weight excluding hydrogens is 276 g/mol. The maximum atomic E-state index is 12.5. The van der Waals surface area contributed by atoms with Crippen LogP contribution in [0.2, 0.25) is 0 Å². The SMILES string of the molecule is CNC(=O)C1CCN(C(=O)C2CC(c3ccccc3)C2)CC1. The summed E-state index contributed by atoms with van der Waals surface area (Å²) in [5.41, 5.74) is 1.35. The van der Waals surface area contributed by atoms with Gasteiger partial charge in [-0.1, -0.05) is 30.3 Å². The van der Waals surface area contributed by atoms with Gasteiger partial charge in [0.05, 0.1) is 0 Å². The number of hydrogen-bond donors (Lipinski definition) is 1. The van der Waals surface area contributed by atoms with Crippen molar-refractivity contribution in [2.45, 2.75) is 31.6 Å². The fourth-order valence-corrected chi connectivity index (χ4v) is 3.64. The second kappa shape index (κ2) is 6.51. The predicted octanol–water partition coefficient (Wildman–Crippen LogP) is 2.16. The number of hydrogen-bond acceptors (Lipinski definition) is 2. The third-order valence-electron chi connectivity index (χ3n) is 5.18. The molecule has 0 atom stereocenters. The largest absolute Gasteiger partial charge is 0.359 e. The number of amides is 2. The standard InChI is InChI=1S/C18H24N2O2/c1-19-17(21)14-7-9-20(10-8-14)18(22)16-11-15(12-16)13-5-3-2-4-6-13/h2-6,14-16H,7-12H2,1H3,(H,19,21). The second-order valence-corrected chi connectivity index (χ2v) is 6.49. The average molecular weight is 300 g/mol. The van der Waals surface area contributed by atoms with Crippen LogP contribution in [-0.2, 0) is 9.59 Å². The molecule has 0 spiro atoms. The summed E-state index contributed by atoms with van der Waals surface area (Å²) in [6.07, 6.45) is 3.52. The molecule has 1 aliphatic carbocycles. The van der Waals surface area contributed by atoms with Crippen LogP contribution in [0, 0.1) is 11.8 Å². The third kappa shape index (κ3) is 3.01. The number of piperidine rings is 1. The highest BCUT2D eigenvalue weighted by Gasteiger charge is 2.38. The van der Waals surface area contributed by atoms with Crippen LogP contribution in [0.4, 0.5) is 0 Å². The van der Waals surface area contributed by atoms with Crippen molar-refractivity contribution < 1.29 is 9.59 Å². The van der Waals surface area contributed by atoms with Gasteiger partial charge in [-0.2, -0.15) is 0 Å². The minimum atomic E-state index is 0.0764. The van der Waals surface area contributed by atoms with Crippen molar-refractivity contribution in [2.75, 3.05) is 20.1 Å². The van der Waals surface area contributed by atoms with Gasteiger partial charge in [-0.05, 0) is 37.2 Å². The van der Waals surface area contributed by atoms with E-state index in [9.17, 15) is 9.59 Å². The molecule has 118 valence electrons. The molecule has 1 heterocycles. The van der Waals surface area contributed by atoms with Crippen molar-refractivity contribution in [2.24, 2.45) is 11.8 Å². The first-order valence-electron chi connectivity index (χ1n) is 8.24. The lowest BCUT2D eigenvalue weighted by Crippen LogP contribution is -2.46. The Balaban J connectivity index is 1.47. The van der Waals surface area contributed by atoms with Crippen molar-refractivity contribution >= 4 is 11.8 Å². The Morgan fingerprint density at radius 1 is 1.05 bits per heavy atom. The lowest BCUT2D eigenvalue weighted by molar-refractivity contribution is -0.141. The Morgan fingerprint density at radius 2 is 1.68 bits per heavy atom. The van der Waals surface area contributed by atoms with E-state index in [-0.39, 0.29) is 17.7 Å². The van der Waals surface area contributed by atoms with Gasteiger partial charge in [0.25, 0.3) is 0 Å². The predicted molar refractivity (Wildman–Crippen MR) is 85.3 cm³/mol. The molecule has 3 rings (SSSR count). The zero-order valence-electron chi connectivity index (χ0n) is 13.1. The highest BCUT2D eigenvalue weighted by Crippen LogP contribution is 2.42. The number of rotatable bonds is 3. The van der Waals surface area contributed by atoms with Gasteiger partial charge < -0.3 is 10.2 Å². The maximum Gasteiger partial charge on any atom is 0.225 e. The van der Waals surface area contributed by atoms with Gasteiger partial charge >= 0.3 is 0 Å². The second-order valence-electron chi connectivity index (χ2n) is 6.49. The number of carbonyl (C=O) groups is 2. The summed E-state index contributed by atoms with van der Waals surface area (Å²) >= 11 is 0. The van der Waals surface area contributed by atoms with Crippen molar-refractivity contribution in [1.29, 1.82) is 0 Å². The van der Waals surface area contributed by atoms with E-state index in [1.54, 1.807) is 7.05 Å². The minimum Gasteiger partial charge on any atom is -0.359 e. The van der Waals surface area contributed by atoms with E-state index in [1.165, 1.54) is 5.56 Å². The number of carbonyl (C=O) groups excluding carboxylic acids is 2. The van der Waals surface area contributed by atoms with Crippen LogP contribution in [0.25, 0.3) is 0 Å². The minimum absolute atomic E-state index is 0.0764. The number of benzene rings is 1. The van der Waals surface area contributed by atoms with Crippen molar-refractivity contribution in [3.8, 4) is 0 Å². The van der Waals surface area contributed by atoms with E-state index in [0.29, 0.717) is 11.8 Å². The van der Waals surface area contributed by atoms with Gasteiger partial charge in [0.1, 0.15) is 0 Å². The Hall–Kier alpha value is -1.84. The molecule has 0 radical (unpaired) electrons. The van der Waals surface area contributed by atoms with Gasteiger partial charge in [0.2, 0.25) is 11.8 Å². The topological polar surface area (TPSA) is 49.4 Å². The molecule has 2 aliphatic rings. The monoisotopic (exact) mass is 300 g/mol.